The summed E-state index contributed by atoms with van der Waals surface area (Å²) in [5, 5.41) is 14.5. The molecule has 1 saturated carbocycles. The summed E-state index contributed by atoms with van der Waals surface area (Å²) in [7, 11) is 0. The van der Waals surface area contributed by atoms with Gasteiger partial charge in [-0.3, -0.25) is 4.68 Å². The summed E-state index contributed by atoms with van der Waals surface area (Å²) in [6.45, 7) is 7.37. The zero-order valence-electron chi connectivity index (χ0n) is 13.5. The molecule has 1 fully saturated rings. The van der Waals surface area contributed by atoms with Crippen molar-refractivity contribution in [3.8, 4) is 6.07 Å². The van der Waals surface area contributed by atoms with E-state index < -0.39 is 0 Å². The number of aromatic nitrogens is 2. The van der Waals surface area contributed by atoms with Crippen molar-refractivity contribution in [2.75, 3.05) is 0 Å². The standard InChI is InChI=1S/C17H26BrN3/c1-4-13-8-7-9-17(10-13,12-19)11-15-16(18)14(5-2)20-21(15)6-3/h13H,4-11H2,1-3H3. The van der Waals surface area contributed by atoms with Gasteiger partial charge < -0.3 is 0 Å². The quantitative estimate of drug-likeness (QED) is 0.758. The Balaban J connectivity index is 2.30. The third-order valence-electron chi connectivity index (χ3n) is 4.96. The van der Waals surface area contributed by atoms with Crippen molar-refractivity contribution in [3.63, 3.8) is 0 Å². The van der Waals surface area contributed by atoms with Crippen LogP contribution in [-0.4, -0.2) is 9.78 Å². The molecule has 1 aromatic heterocycles. The maximum Gasteiger partial charge on any atom is 0.0766 e. The Labute approximate surface area is 136 Å². The number of rotatable bonds is 5. The number of aryl methyl sites for hydroxylation is 2. The SMILES string of the molecule is CCc1nn(CC)c(CC2(C#N)CCCC(CC)C2)c1Br. The van der Waals surface area contributed by atoms with Crippen molar-refractivity contribution in [1.29, 1.82) is 5.26 Å². The molecule has 0 N–H and O–H groups in total. The molecule has 2 rings (SSSR count). The zero-order chi connectivity index (χ0) is 15.5. The topological polar surface area (TPSA) is 41.6 Å². The summed E-state index contributed by atoms with van der Waals surface area (Å²) < 4.78 is 3.21. The fraction of sp³-hybridized carbons (Fsp3) is 0.765. The van der Waals surface area contributed by atoms with E-state index in [1.54, 1.807) is 0 Å². The summed E-state index contributed by atoms with van der Waals surface area (Å²) in [5.74, 6) is 0.709. The molecule has 21 heavy (non-hydrogen) atoms. The minimum Gasteiger partial charge on any atom is -0.268 e. The van der Waals surface area contributed by atoms with Gasteiger partial charge in [0.25, 0.3) is 0 Å². The van der Waals surface area contributed by atoms with Crippen LogP contribution in [0.2, 0.25) is 0 Å². The lowest BCUT2D eigenvalue weighted by Crippen LogP contribution is -2.30. The first-order chi connectivity index (χ1) is 10.1. The van der Waals surface area contributed by atoms with E-state index in [9.17, 15) is 5.26 Å². The van der Waals surface area contributed by atoms with Crippen LogP contribution >= 0.6 is 15.9 Å². The Hall–Kier alpha value is -0.820. The fourth-order valence-corrected chi connectivity index (χ4v) is 4.35. The minimum absolute atomic E-state index is 0.195. The molecule has 2 atom stereocenters. The second-order valence-corrected chi connectivity index (χ2v) is 7.11. The summed E-state index contributed by atoms with van der Waals surface area (Å²) in [4.78, 5) is 0. The number of hydrogen-bond acceptors (Lipinski definition) is 2. The van der Waals surface area contributed by atoms with Gasteiger partial charge in [-0.05, 0) is 48.0 Å². The van der Waals surface area contributed by atoms with Gasteiger partial charge in [0.05, 0.1) is 27.3 Å². The van der Waals surface area contributed by atoms with Gasteiger partial charge in [-0.2, -0.15) is 10.4 Å². The Morgan fingerprint density at radius 1 is 1.43 bits per heavy atom. The highest BCUT2D eigenvalue weighted by Crippen LogP contribution is 2.43. The molecule has 4 heteroatoms. The van der Waals surface area contributed by atoms with Crippen molar-refractivity contribution in [1.82, 2.24) is 9.78 Å². The summed E-state index contributed by atoms with van der Waals surface area (Å²) in [5.41, 5.74) is 2.13. The Kier molecular flexibility index (Phi) is 5.48. The van der Waals surface area contributed by atoms with E-state index in [1.807, 2.05) is 0 Å². The average Bonchev–Trinajstić information content (AvgIpc) is 2.83. The van der Waals surface area contributed by atoms with Crippen LogP contribution in [0.1, 0.15) is 64.3 Å². The van der Waals surface area contributed by atoms with E-state index in [4.69, 9.17) is 0 Å². The van der Waals surface area contributed by atoms with Crippen LogP contribution < -0.4 is 0 Å². The highest BCUT2D eigenvalue weighted by atomic mass is 79.9. The molecule has 0 bridgehead atoms. The first-order valence-corrected chi connectivity index (χ1v) is 9.03. The molecule has 116 valence electrons. The molecule has 2 unspecified atom stereocenters. The number of nitrogens with zero attached hydrogens (tertiary/aromatic N) is 3. The lowest BCUT2D eigenvalue weighted by molar-refractivity contribution is 0.190. The summed E-state index contributed by atoms with van der Waals surface area (Å²) >= 11 is 3.72. The van der Waals surface area contributed by atoms with Crippen LogP contribution in [0.25, 0.3) is 0 Å². The number of nitriles is 1. The van der Waals surface area contributed by atoms with Gasteiger partial charge in [-0.15, -0.1) is 0 Å². The molecular weight excluding hydrogens is 326 g/mol. The van der Waals surface area contributed by atoms with Crippen molar-refractivity contribution in [2.45, 2.75) is 72.3 Å². The number of hydrogen-bond donors (Lipinski definition) is 0. The lowest BCUT2D eigenvalue weighted by atomic mass is 9.67. The van der Waals surface area contributed by atoms with Crippen LogP contribution in [0.3, 0.4) is 0 Å². The molecule has 1 aliphatic rings. The zero-order valence-corrected chi connectivity index (χ0v) is 15.0. The molecular formula is C17H26BrN3. The van der Waals surface area contributed by atoms with Crippen molar-refractivity contribution >= 4 is 15.9 Å². The summed E-state index contributed by atoms with van der Waals surface area (Å²) in [6, 6.07) is 2.67. The van der Waals surface area contributed by atoms with Gasteiger partial charge >= 0.3 is 0 Å². The molecule has 0 aromatic carbocycles. The Bertz CT molecular complexity index is 529. The van der Waals surface area contributed by atoms with Gasteiger partial charge in [0, 0.05) is 13.0 Å². The van der Waals surface area contributed by atoms with E-state index in [0.29, 0.717) is 5.92 Å². The normalized spacial score (nSPS) is 25.8. The van der Waals surface area contributed by atoms with Gasteiger partial charge in [0.15, 0.2) is 0 Å². The molecule has 1 aliphatic carbocycles. The van der Waals surface area contributed by atoms with Crippen LogP contribution in [0.4, 0.5) is 0 Å². The third-order valence-corrected chi connectivity index (χ3v) is 5.88. The minimum atomic E-state index is -0.195. The molecule has 1 heterocycles. The predicted octanol–water partition coefficient (Wildman–Crippen LogP) is 4.88. The Morgan fingerprint density at radius 3 is 2.76 bits per heavy atom. The Morgan fingerprint density at radius 2 is 2.19 bits per heavy atom. The largest absolute Gasteiger partial charge is 0.268 e. The fourth-order valence-electron chi connectivity index (χ4n) is 3.64. The van der Waals surface area contributed by atoms with Gasteiger partial charge in [0.2, 0.25) is 0 Å². The average molecular weight is 352 g/mol. The first-order valence-electron chi connectivity index (χ1n) is 8.24. The maximum absolute atomic E-state index is 9.84. The lowest BCUT2D eigenvalue weighted by Gasteiger charge is -2.35. The van der Waals surface area contributed by atoms with Crippen molar-refractivity contribution in [3.05, 3.63) is 15.9 Å². The number of halogens is 1. The predicted molar refractivity (Wildman–Crippen MR) is 89.0 cm³/mol. The van der Waals surface area contributed by atoms with Crippen LogP contribution in [0.15, 0.2) is 4.47 Å². The monoisotopic (exact) mass is 351 g/mol. The van der Waals surface area contributed by atoms with E-state index in [1.165, 1.54) is 25.0 Å². The molecule has 0 spiro atoms. The molecule has 0 radical (unpaired) electrons. The van der Waals surface area contributed by atoms with Crippen LogP contribution in [0, 0.1) is 22.7 Å². The van der Waals surface area contributed by atoms with Crippen LogP contribution in [0.5, 0.6) is 0 Å². The maximum atomic E-state index is 9.84. The second-order valence-electron chi connectivity index (χ2n) is 6.32. The van der Waals surface area contributed by atoms with E-state index >= 15 is 0 Å². The van der Waals surface area contributed by atoms with Gasteiger partial charge in [-0.25, -0.2) is 0 Å². The molecule has 0 aliphatic heterocycles. The third kappa shape index (κ3) is 3.34. The molecule has 0 amide bonds. The van der Waals surface area contributed by atoms with E-state index in [2.05, 4.69) is 52.6 Å². The van der Waals surface area contributed by atoms with Crippen molar-refractivity contribution in [2.24, 2.45) is 11.3 Å². The van der Waals surface area contributed by atoms with E-state index in [-0.39, 0.29) is 5.41 Å². The van der Waals surface area contributed by atoms with E-state index in [0.717, 1.165) is 42.4 Å². The molecule has 1 aromatic rings. The summed E-state index contributed by atoms with van der Waals surface area (Å²) in [6.07, 6.45) is 7.50. The highest BCUT2D eigenvalue weighted by molar-refractivity contribution is 9.10. The van der Waals surface area contributed by atoms with Gasteiger partial charge in [0.1, 0.15) is 0 Å². The highest BCUT2D eigenvalue weighted by Gasteiger charge is 2.37. The van der Waals surface area contributed by atoms with Crippen LogP contribution in [-0.2, 0) is 19.4 Å². The van der Waals surface area contributed by atoms with Crippen molar-refractivity contribution < 1.29 is 0 Å². The smallest absolute Gasteiger partial charge is 0.0766 e. The molecule has 0 saturated heterocycles. The van der Waals surface area contributed by atoms with Gasteiger partial charge in [-0.1, -0.05) is 33.1 Å². The first kappa shape index (κ1) is 16.5. The molecule has 3 nitrogen and oxygen atoms in total. The second kappa shape index (κ2) is 6.96.